The van der Waals surface area contributed by atoms with Crippen molar-refractivity contribution in [2.24, 2.45) is 7.05 Å². The van der Waals surface area contributed by atoms with Crippen molar-refractivity contribution >= 4 is 44.6 Å². The zero-order chi connectivity index (χ0) is 23.2. The number of anilines is 1. The molecule has 3 aromatic rings. The molecule has 1 saturated heterocycles. The number of thiazole rings is 1. The molecule has 2 aromatic heterocycles. The molecule has 0 bridgehead atoms. The summed E-state index contributed by atoms with van der Waals surface area (Å²) in [6.07, 6.45) is 1.99. The monoisotopic (exact) mass is 496 g/mol. The van der Waals surface area contributed by atoms with Crippen LogP contribution < -0.4 is 4.72 Å². The van der Waals surface area contributed by atoms with Crippen LogP contribution in [-0.2, 0) is 17.1 Å². The van der Waals surface area contributed by atoms with E-state index in [9.17, 15) is 17.6 Å². The molecule has 0 spiro atoms. The van der Waals surface area contributed by atoms with Gasteiger partial charge in [-0.15, -0.1) is 11.3 Å². The summed E-state index contributed by atoms with van der Waals surface area (Å²) < 4.78 is 44.1. The van der Waals surface area contributed by atoms with Crippen molar-refractivity contribution in [2.45, 2.75) is 31.6 Å². The summed E-state index contributed by atoms with van der Waals surface area (Å²) in [4.78, 5) is 19.8. The molecule has 1 aromatic carbocycles. The molecule has 1 fully saturated rings. The molecule has 1 amide bonds. The van der Waals surface area contributed by atoms with Crippen LogP contribution >= 0.6 is 22.9 Å². The van der Waals surface area contributed by atoms with Crippen LogP contribution in [0.4, 0.5) is 10.1 Å². The summed E-state index contributed by atoms with van der Waals surface area (Å²) >= 11 is 7.00. The molecule has 7 nitrogen and oxygen atoms in total. The summed E-state index contributed by atoms with van der Waals surface area (Å²) in [5.74, 6) is -0.807. The van der Waals surface area contributed by atoms with E-state index >= 15 is 0 Å². The number of sulfonamides is 1. The van der Waals surface area contributed by atoms with Crippen LogP contribution in [0.3, 0.4) is 0 Å². The third-order valence-corrected chi connectivity index (χ3v) is 8.44. The van der Waals surface area contributed by atoms with Crippen molar-refractivity contribution in [1.29, 1.82) is 0 Å². The van der Waals surface area contributed by atoms with E-state index in [0.717, 1.165) is 32.0 Å². The summed E-state index contributed by atoms with van der Waals surface area (Å²) in [6.45, 7) is 4.92. The Kier molecular flexibility index (Phi) is 6.04. The lowest BCUT2D eigenvalue weighted by molar-refractivity contribution is 0.0796. The first-order valence-electron chi connectivity index (χ1n) is 10.00. The Bertz CT molecular complexity index is 1310. The summed E-state index contributed by atoms with van der Waals surface area (Å²) in [6, 6.07) is 5.21. The number of carbonyl (C=O) groups is 1. The van der Waals surface area contributed by atoms with Gasteiger partial charge in [0.15, 0.2) is 0 Å². The summed E-state index contributed by atoms with van der Waals surface area (Å²) in [5, 5.41) is 0.719. The number of nitrogens with zero attached hydrogens (tertiary/aromatic N) is 3. The first-order valence-corrected chi connectivity index (χ1v) is 12.7. The smallest absolute Gasteiger partial charge is 0.265 e. The van der Waals surface area contributed by atoms with Crippen molar-refractivity contribution in [3.8, 4) is 10.7 Å². The van der Waals surface area contributed by atoms with Crippen molar-refractivity contribution in [1.82, 2.24) is 14.5 Å². The summed E-state index contributed by atoms with van der Waals surface area (Å²) in [5.41, 5.74) is 1.45. The second kappa shape index (κ2) is 8.49. The Balaban J connectivity index is 1.68. The highest BCUT2D eigenvalue weighted by molar-refractivity contribution is 7.92. The Morgan fingerprint density at radius 2 is 1.91 bits per heavy atom. The number of hydrogen-bond acceptors (Lipinski definition) is 5. The second-order valence-electron chi connectivity index (χ2n) is 7.70. The third-order valence-electron chi connectivity index (χ3n) is 5.56. The van der Waals surface area contributed by atoms with Gasteiger partial charge in [-0.05, 0) is 51.0 Å². The minimum Gasteiger partial charge on any atom is -0.345 e. The molecule has 0 saturated carbocycles. The normalized spacial score (nSPS) is 14.2. The Labute approximate surface area is 194 Å². The Morgan fingerprint density at radius 3 is 2.56 bits per heavy atom. The molecule has 0 unspecified atom stereocenters. The fourth-order valence-corrected chi connectivity index (χ4v) is 6.29. The first-order chi connectivity index (χ1) is 15.1. The van der Waals surface area contributed by atoms with Gasteiger partial charge >= 0.3 is 0 Å². The number of halogens is 2. The van der Waals surface area contributed by atoms with Gasteiger partial charge in [0.25, 0.3) is 15.9 Å². The second-order valence-corrected chi connectivity index (χ2v) is 10.8. The van der Waals surface area contributed by atoms with Gasteiger partial charge in [0, 0.05) is 30.9 Å². The van der Waals surface area contributed by atoms with Crippen LogP contribution in [-0.4, -0.2) is 41.9 Å². The molecule has 0 radical (unpaired) electrons. The number of likely N-dealkylation sites (tertiary alicyclic amines) is 1. The molecule has 0 aliphatic carbocycles. The average Bonchev–Trinajstić information content (AvgIpc) is 3.45. The van der Waals surface area contributed by atoms with E-state index in [-0.39, 0.29) is 21.5 Å². The number of amides is 1. The van der Waals surface area contributed by atoms with Gasteiger partial charge in [-0.2, -0.15) is 0 Å². The van der Waals surface area contributed by atoms with Crippen LogP contribution in [0.5, 0.6) is 0 Å². The highest BCUT2D eigenvalue weighted by atomic mass is 35.5. The molecule has 32 heavy (non-hydrogen) atoms. The van der Waals surface area contributed by atoms with E-state index in [1.54, 1.807) is 25.5 Å². The van der Waals surface area contributed by atoms with Gasteiger partial charge in [-0.3, -0.25) is 9.52 Å². The van der Waals surface area contributed by atoms with Gasteiger partial charge in [0.2, 0.25) is 0 Å². The SMILES string of the molecule is Cc1nc(-c2cc(S(=O)(=O)Nc3ccc(Cl)cc3F)c(C)n2C)sc1C(=O)N1CCCC1. The molecular weight excluding hydrogens is 475 g/mol. The van der Waals surface area contributed by atoms with Gasteiger partial charge in [-0.25, -0.2) is 17.8 Å². The first kappa shape index (κ1) is 22.8. The molecule has 11 heteroatoms. The minimum atomic E-state index is -4.07. The minimum absolute atomic E-state index is 0.00428. The maximum Gasteiger partial charge on any atom is 0.265 e. The van der Waals surface area contributed by atoms with E-state index in [1.807, 2.05) is 4.90 Å². The molecule has 4 rings (SSSR count). The highest BCUT2D eigenvalue weighted by Gasteiger charge is 2.27. The van der Waals surface area contributed by atoms with Gasteiger partial charge in [0.05, 0.1) is 17.1 Å². The number of rotatable bonds is 5. The Morgan fingerprint density at radius 1 is 1.22 bits per heavy atom. The van der Waals surface area contributed by atoms with Crippen LogP contribution in [0.15, 0.2) is 29.2 Å². The predicted molar refractivity (Wildman–Crippen MR) is 123 cm³/mol. The third kappa shape index (κ3) is 4.14. The lowest BCUT2D eigenvalue weighted by Gasteiger charge is -2.13. The molecule has 3 heterocycles. The van der Waals surface area contributed by atoms with Crippen LogP contribution in [0.2, 0.25) is 5.02 Å². The van der Waals surface area contributed by atoms with Gasteiger partial charge < -0.3 is 9.47 Å². The lowest BCUT2D eigenvalue weighted by Crippen LogP contribution is -2.27. The van der Waals surface area contributed by atoms with Crippen molar-refractivity contribution in [2.75, 3.05) is 17.8 Å². The maximum absolute atomic E-state index is 14.1. The van der Waals surface area contributed by atoms with Crippen LogP contribution in [0.1, 0.15) is 33.9 Å². The highest BCUT2D eigenvalue weighted by Crippen LogP contribution is 2.34. The number of aromatic nitrogens is 2. The zero-order valence-corrected chi connectivity index (χ0v) is 20.2. The topological polar surface area (TPSA) is 84.3 Å². The van der Waals surface area contributed by atoms with Crippen molar-refractivity contribution in [3.63, 3.8) is 0 Å². The summed E-state index contributed by atoms with van der Waals surface area (Å²) in [7, 11) is -2.35. The predicted octanol–water partition coefficient (Wildman–Crippen LogP) is 4.59. The largest absolute Gasteiger partial charge is 0.345 e. The van der Waals surface area contributed by atoms with Crippen molar-refractivity contribution in [3.05, 3.63) is 51.4 Å². The molecule has 1 aliphatic rings. The number of hydrogen-bond donors (Lipinski definition) is 1. The fraction of sp³-hybridized carbons (Fsp3) is 0.333. The standard InChI is InChI=1S/C21H22ClFN4O3S2/c1-12-19(21(28)27-8-4-5-9-27)31-20(24-12)17-11-18(13(2)26(17)3)32(29,30)25-16-7-6-14(22)10-15(16)23/h6-7,10-11,25H,4-5,8-9H2,1-3H3. The fourth-order valence-electron chi connectivity index (χ4n) is 3.69. The van der Waals surface area contributed by atoms with E-state index < -0.39 is 15.8 Å². The number of carbonyl (C=O) groups excluding carboxylic acids is 1. The van der Waals surface area contributed by atoms with Gasteiger partial charge in [-0.1, -0.05) is 11.6 Å². The van der Waals surface area contributed by atoms with Gasteiger partial charge in [0.1, 0.15) is 20.6 Å². The van der Waals surface area contributed by atoms with E-state index in [2.05, 4.69) is 9.71 Å². The quantitative estimate of drug-likeness (QED) is 0.559. The molecule has 0 atom stereocenters. The van der Waals surface area contributed by atoms with E-state index in [0.29, 0.717) is 27.0 Å². The number of nitrogens with one attached hydrogen (secondary N) is 1. The lowest BCUT2D eigenvalue weighted by atomic mass is 10.3. The average molecular weight is 497 g/mol. The molecule has 1 N–H and O–H groups in total. The Hall–Kier alpha value is -2.43. The zero-order valence-electron chi connectivity index (χ0n) is 17.8. The number of aryl methyl sites for hydroxylation is 1. The molecular formula is C21H22ClFN4O3S2. The van der Waals surface area contributed by atoms with Crippen LogP contribution in [0.25, 0.3) is 10.7 Å². The molecule has 1 aliphatic heterocycles. The van der Waals surface area contributed by atoms with E-state index in [4.69, 9.17) is 11.6 Å². The maximum atomic E-state index is 14.1. The van der Waals surface area contributed by atoms with Crippen LogP contribution in [0, 0.1) is 19.7 Å². The van der Waals surface area contributed by atoms with Crippen molar-refractivity contribution < 1.29 is 17.6 Å². The molecule has 170 valence electrons. The number of benzene rings is 1. The van der Waals surface area contributed by atoms with E-state index in [1.165, 1.54) is 29.5 Å².